The standard InChI is InChI=1S/C17H26BrNO2/c1-20-10-4-11-21-12-9-14(13-19-15-7-8-15)16-5-2-3-6-17(16)18/h2-3,5-6,14-15,19H,4,7-13H2,1H3. The van der Waals surface area contributed by atoms with Crippen molar-refractivity contribution < 1.29 is 9.47 Å². The van der Waals surface area contributed by atoms with Gasteiger partial charge in [-0.1, -0.05) is 34.1 Å². The Morgan fingerprint density at radius 3 is 2.76 bits per heavy atom. The molecule has 0 aliphatic heterocycles. The molecule has 118 valence electrons. The highest BCUT2D eigenvalue weighted by atomic mass is 79.9. The van der Waals surface area contributed by atoms with E-state index >= 15 is 0 Å². The monoisotopic (exact) mass is 355 g/mol. The molecule has 0 heterocycles. The predicted octanol–water partition coefficient (Wildman–Crippen LogP) is 3.73. The average molecular weight is 356 g/mol. The first-order valence-electron chi connectivity index (χ1n) is 7.85. The Morgan fingerprint density at radius 1 is 1.24 bits per heavy atom. The zero-order valence-corrected chi connectivity index (χ0v) is 14.4. The lowest BCUT2D eigenvalue weighted by atomic mass is 9.96. The molecule has 4 heteroatoms. The predicted molar refractivity (Wildman–Crippen MR) is 89.8 cm³/mol. The van der Waals surface area contributed by atoms with Crippen LogP contribution >= 0.6 is 15.9 Å². The highest BCUT2D eigenvalue weighted by Crippen LogP contribution is 2.28. The maximum atomic E-state index is 5.73. The fraction of sp³-hybridized carbons (Fsp3) is 0.647. The molecule has 0 bridgehead atoms. The SMILES string of the molecule is COCCCOCCC(CNC1CC1)c1ccccc1Br. The minimum absolute atomic E-state index is 0.503. The van der Waals surface area contributed by atoms with E-state index in [9.17, 15) is 0 Å². The van der Waals surface area contributed by atoms with Gasteiger partial charge in [0.25, 0.3) is 0 Å². The molecule has 2 rings (SSSR count). The lowest BCUT2D eigenvalue weighted by Gasteiger charge is -2.19. The van der Waals surface area contributed by atoms with E-state index in [4.69, 9.17) is 9.47 Å². The number of benzene rings is 1. The first-order chi connectivity index (χ1) is 10.3. The molecule has 0 saturated heterocycles. The molecule has 1 aromatic carbocycles. The quantitative estimate of drug-likeness (QED) is 0.613. The number of rotatable bonds is 11. The van der Waals surface area contributed by atoms with E-state index in [2.05, 4.69) is 45.5 Å². The van der Waals surface area contributed by atoms with Crippen LogP contribution in [0.1, 0.15) is 37.2 Å². The van der Waals surface area contributed by atoms with Crippen LogP contribution in [0.4, 0.5) is 0 Å². The molecular formula is C17H26BrNO2. The average Bonchev–Trinajstić information content (AvgIpc) is 3.31. The Kier molecular flexibility index (Phi) is 7.72. The van der Waals surface area contributed by atoms with Gasteiger partial charge in [0.05, 0.1) is 0 Å². The second-order valence-electron chi connectivity index (χ2n) is 5.65. The van der Waals surface area contributed by atoms with Crippen molar-refractivity contribution in [2.75, 3.05) is 33.5 Å². The smallest absolute Gasteiger partial charge is 0.0487 e. The molecule has 1 aliphatic rings. The van der Waals surface area contributed by atoms with Crippen molar-refractivity contribution in [2.45, 2.75) is 37.6 Å². The lowest BCUT2D eigenvalue weighted by molar-refractivity contribution is 0.0980. The minimum atomic E-state index is 0.503. The Bertz CT molecular complexity index is 410. The van der Waals surface area contributed by atoms with Gasteiger partial charge < -0.3 is 14.8 Å². The van der Waals surface area contributed by atoms with Crippen molar-refractivity contribution in [2.24, 2.45) is 0 Å². The maximum Gasteiger partial charge on any atom is 0.0487 e. The van der Waals surface area contributed by atoms with E-state index in [0.717, 1.165) is 45.2 Å². The number of halogens is 1. The molecule has 0 aromatic heterocycles. The normalized spacial score (nSPS) is 16.1. The van der Waals surface area contributed by atoms with Crippen LogP contribution in [0.15, 0.2) is 28.7 Å². The summed E-state index contributed by atoms with van der Waals surface area (Å²) in [5, 5.41) is 3.65. The molecule has 1 saturated carbocycles. The lowest BCUT2D eigenvalue weighted by Crippen LogP contribution is -2.24. The number of ether oxygens (including phenoxy) is 2. The highest BCUT2D eigenvalue weighted by molar-refractivity contribution is 9.10. The third kappa shape index (κ3) is 6.47. The van der Waals surface area contributed by atoms with Gasteiger partial charge in [0.1, 0.15) is 0 Å². The Balaban J connectivity index is 1.79. The van der Waals surface area contributed by atoms with E-state index in [-0.39, 0.29) is 0 Å². The summed E-state index contributed by atoms with van der Waals surface area (Å²) < 4.78 is 12.0. The zero-order chi connectivity index (χ0) is 14.9. The summed E-state index contributed by atoms with van der Waals surface area (Å²) >= 11 is 3.68. The Morgan fingerprint density at radius 2 is 2.05 bits per heavy atom. The molecule has 0 amide bonds. The van der Waals surface area contributed by atoms with Gasteiger partial charge in [-0.05, 0) is 43.2 Å². The largest absolute Gasteiger partial charge is 0.385 e. The van der Waals surface area contributed by atoms with E-state index in [0.29, 0.717) is 5.92 Å². The Hall–Kier alpha value is -0.420. The molecule has 21 heavy (non-hydrogen) atoms. The third-order valence-corrected chi connectivity index (χ3v) is 4.55. The molecule has 0 spiro atoms. The molecular weight excluding hydrogens is 330 g/mol. The summed E-state index contributed by atoms with van der Waals surface area (Å²) in [6.45, 7) is 3.40. The van der Waals surface area contributed by atoms with Gasteiger partial charge in [-0.15, -0.1) is 0 Å². The third-order valence-electron chi connectivity index (χ3n) is 3.82. The summed E-state index contributed by atoms with van der Waals surface area (Å²) in [7, 11) is 1.73. The van der Waals surface area contributed by atoms with Crippen LogP contribution in [-0.2, 0) is 9.47 Å². The van der Waals surface area contributed by atoms with E-state index in [1.165, 1.54) is 22.9 Å². The Labute approximate surface area is 136 Å². The van der Waals surface area contributed by atoms with Crippen LogP contribution < -0.4 is 5.32 Å². The van der Waals surface area contributed by atoms with Crippen LogP contribution in [0.3, 0.4) is 0 Å². The van der Waals surface area contributed by atoms with Crippen LogP contribution in [0.2, 0.25) is 0 Å². The molecule has 1 aliphatic carbocycles. The molecule has 1 atom stereocenters. The van der Waals surface area contributed by atoms with Gasteiger partial charge in [0.15, 0.2) is 0 Å². The minimum Gasteiger partial charge on any atom is -0.385 e. The number of hydrogen-bond acceptors (Lipinski definition) is 3. The van der Waals surface area contributed by atoms with Gasteiger partial charge in [0, 0.05) is 44.0 Å². The summed E-state index contributed by atoms with van der Waals surface area (Å²) in [6.07, 6.45) is 4.68. The number of nitrogens with one attached hydrogen (secondary N) is 1. The van der Waals surface area contributed by atoms with Gasteiger partial charge in [0.2, 0.25) is 0 Å². The van der Waals surface area contributed by atoms with Crippen molar-refractivity contribution in [3.63, 3.8) is 0 Å². The molecule has 3 nitrogen and oxygen atoms in total. The second kappa shape index (κ2) is 9.57. The fourth-order valence-electron chi connectivity index (χ4n) is 2.40. The van der Waals surface area contributed by atoms with Crippen molar-refractivity contribution in [1.29, 1.82) is 0 Å². The van der Waals surface area contributed by atoms with Gasteiger partial charge in [-0.3, -0.25) is 0 Å². The van der Waals surface area contributed by atoms with Crippen LogP contribution in [-0.4, -0.2) is 39.5 Å². The first-order valence-corrected chi connectivity index (χ1v) is 8.65. The van der Waals surface area contributed by atoms with Crippen LogP contribution in [0.25, 0.3) is 0 Å². The fourth-order valence-corrected chi connectivity index (χ4v) is 3.01. The first kappa shape index (κ1) is 16.9. The topological polar surface area (TPSA) is 30.5 Å². The summed E-state index contributed by atoms with van der Waals surface area (Å²) in [5.74, 6) is 0.503. The molecule has 1 fully saturated rings. The highest BCUT2D eigenvalue weighted by Gasteiger charge is 2.23. The molecule has 0 radical (unpaired) electrons. The molecule has 1 unspecified atom stereocenters. The van der Waals surface area contributed by atoms with Gasteiger partial charge >= 0.3 is 0 Å². The van der Waals surface area contributed by atoms with Crippen molar-refractivity contribution in [3.05, 3.63) is 34.3 Å². The van der Waals surface area contributed by atoms with Crippen molar-refractivity contribution >= 4 is 15.9 Å². The summed E-state index contributed by atoms with van der Waals surface area (Å²) in [6, 6.07) is 9.27. The van der Waals surface area contributed by atoms with Crippen LogP contribution in [0, 0.1) is 0 Å². The van der Waals surface area contributed by atoms with Gasteiger partial charge in [-0.25, -0.2) is 0 Å². The maximum absolute atomic E-state index is 5.73. The zero-order valence-electron chi connectivity index (χ0n) is 12.8. The number of methoxy groups -OCH3 is 1. The molecule has 1 N–H and O–H groups in total. The molecule has 1 aromatic rings. The summed E-state index contributed by atoms with van der Waals surface area (Å²) in [5.41, 5.74) is 1.38. The van der Waals surface area contributed by atoms with E-state index < -0.39 is 0 Å². The van der Waals surface area contributed by atoms with E-state index in [1.807, 2.05) is 0 Å². The van der Waals surface area contributed by atoms with Crippen molar-refractivity contribution in [1.82, 2.24) is 5.32 Å². The summed E-state index contributed by atoms with van der Waals surface area (Å²) in [4.78, 5) is 0. The van der Waals surface area contributed by atoms with Crippen molar-refractivity contribution in [3.8, 4) is 0 Å². The number of hydrogen-bond donors (Lipinski definition) is 1. The van der Waals surface area contributed by atoms with Crippen LogP contribution in [0.5, 0.6) is 0 Å². The van der Waals surface area contributed by atoms with E-state index in [1.54, 1.807) is 7.11 Å². The van der Waals surface area contributed by atoms with Gasteiger partial charge in [-0.2, -0.15) is 0 Å². The second-order valence-corrected chi connectivity index (χ2v) is 6.50.